The molecule has 3 N–H and O–H groups in total. The number of ether oxygens (including phenoxy) is 1. The Morgan fingerprint density at radius 1 is 1.14 bits per heavy atom. The number of rotatable bonds is 10. The summed E-state index contributed by atoms with van der Waals surface area (Å²) in [5.41, 5.74) is -1.14. The normalized spacial score (nSPS) is 13.4. The number of hydrogen-bond donors (Lipinski definition) is 3. The van der Waals surface area contributed by atoms with E-state index in [1.54, 1.807) is 13.0 Å². The zero-order valence-electron chi connectivity index (χ0n) is 16.9. The van der Waals surface area contributed by atoms with E-state index in [4.69, 9.17) is 9.15 Å². The van der Waals surface area contributed by atoms with Crippen molar-refractivity contribution in [3.8, 4) is 5.75 Å². The Morgan fingerprint density at radius 2 is 1.89 bits per heavy atom. The van der Waals surface area contributed by atoms with Crippen molar-refractivity contribution >= 4 is 29.9 Å². The SMILES string of the molecule is CCNC(=NCC(C)(O)c1ccc(C)o1)NCCCCOc1ccccc1.I. The van der Waals surface area contributed by atoms with Crippen molar-refractivity contribution in [2.24, 2.45) is 4.99 Å². The maximum Gasteiger partial charge on any atom is 0.191 e. The Balaban J connectivity index is 0.00000392. The monoisotopic (exact) mass is 501 g/mol. The molecule has 0 aliphatic carbocycles. The number of hydrogen-bond acceptors (Lipinski definition) is 4. The molecule has 0 saturated heterocycles. The Hall–Kier alpha value is -1.74. The minimum Gasteiger partial charge on any atom is -0.494 e. The minimum absolute atomic E-state index is 0. The molecule has 1 heterocycles. The molecular formula is C21H32IN3O3. The molecule has 0 aliphatic heterocycles. The molecular weight excluding hydrogens is 469 g/mol. The summed E-state index contributed by atoms with van der Waals surface area (Å²) in [4.78, 5) is 4.49. The van der Waals surface area contributed by atoms with Crippen LogP contribution in [0.3, 0.4) is 0 Å². The summed E-state index contributed by atoms with van der Waals surface area (Å²) in [5.74, 6) is 2.88. The molecule has 1 atom stereocenters. The van der Waals surface area contributed by atoms with Crippen LogP contribution in [0.5, 0.6) is 5.75 Å². The molecule has 1 aromatic carbocycles. The maximum atomic E-state index is 10.6. The van der Waals surface area contributed by atoms with Crippen LogP contribution in [-0.2, 0) is 5.60 Å². The number of aliphatic imine (C=N–C) groups is 1. The molecule has 0 spiro atoms. The third-order valence-electron chi connectivity index (χ3n) is 4.04. The second-order valence-electron chi connectivity index (χ2n) is 6.67. The molecule has 1 aromatic heterocycles. The number of aryl methyl sites for hydroxylation is 1. The van der Waals surface area contributed by atoms with Gasteiger partial charge in [0, 0.05) is 13.1 Å². The predicted molar refractivity (Wildman–Crippen MR) is 124 cm³/mol. The molecule has 2 rings (SSSR count). The van der Waals surface area contributed by atoms with Crippen molar-refractivity contribution in [1.82, 2.24) is 10.6 Å². The van der Waals surface area contributed by atoms with Crippen LogP contribution in [0, 0.1) is 6.92 Å². The van der Waals surface area contributed by atoms with Gasteiger partial charge in [-0.2, -0.15) is 0 Å². The van der Waals surface area contributed by atoms with Crippen molar-refractivity contribution in [3.05, 3.63) is 54.0 Å². The first-order valence-electron chi connectivity index (χ1n) is 9.50. The van der Waals surface area contributed by atoms with Crippen molar-refractivity contribution in [2.45, 2.75) is 39.2 Å². The van der Waals surface area contributed by atoms with E-state index in [2.05, 4.69) is 15.6 Å². The number of guanidine groups is 1. The first-order valence-corrected chi connectivity index (χ1v) is 9.50. The van der Waals surface area contributed by atoms with Crippen LogP contribution >= 0.6 is 24.0 Å². The van der Waals surface area contributed by atoms with E-state index < -0.39 is 5.60 Å². The number of benzene rings is 1. The Kier molecular flexibility index (Phi) is 11.0. The van der Waals surface area contributed by atoms with Crippen LogP contribution in [0.4, 0.5) is 0 Å². The topological polar surface area (TPSA) is 79.0 Å². The van der Waals surface area contributed by atoms with Crippen LogP contribution in [0.25, 0.3) is 0 Å². The number of para-hydroxylation sites is 1. The summed E-state index contributed by atoms with van der Waals surface area (Å²) in [6.07, 6.45) is 1.91. The molecule has 7 heteroatoms. The van der Waals surface area contributed by atoms with E-state index in [9.17, 15) is 5.11 Å². The van der Waals surface area contributed by atoms with Gasteiger partial charge in [0.15, 0.2) is 5.96 Å². The highest BCUT2D eigenvalue weighted by Gasteiger charge is 2.26. The fraction of sp³-hybridized carbons (Fsp3) is 0.476. The molecule has 0 aliphatic rings. The summed E-state index contributed by atoms with van der Waals surface area (Å²) in [7, 11) is 0. The third kappa shape index (κ3) is 8.52. The standard InChI is InChI=1S/C21H31N3O3.HI/c1-4-22-20(24-16-21(3,25)19-13-12-17(2)27-19)23-14-8-9-15-26-18-10-6-5-7-11-18;/h5-7,10-13,25H,4,8-9,14-16H2,1-3H3,(H2,22,23,24);1H. The lowest BCUT2D eigenvalue weighted by Crippen LogP contribution is -2.39. The van der Waals surface area contributed by atoms with Crippen LogP contribution in [0.15, 0.2) is 51.9 Å². The number of halogens is 1. The Bertz CT molecular complexity index is 702. The van der Waals surface area contributed by atoms with Gasteiger partial charge in [-0.15, -0.1) is 24.0 Å². The summed E-state index contributed by atoms with van der Waals surface area (Å²) in [5, 5.41) is 17.1. The molecule has 6 nitrogen and oxygen atoms in total. The van der Waals surface area contributed by atoms with E-state index in [1.807, 2.05) is 50.2 Å². The molecule has 0 bridgehead atoms. The van der Waals surface area contributed by atoms with Gasteiger partial charge >= 0.3 is 0 Å². The molecule has 28 heavy (non-hydrogen) atoms. The zero-order chi connectivity index (χ0) is 19.5. The second kappa shape index (κ2) is 12.7. The van der Waals surface area contributed by atoms with Crippen LogP contribution in [0.1, 0.15) is 38.2 Å². The van der Waals surface area contributed by atoms with Crippen molar-refractivity contribution < 1.29 is 14.3 Å². The van der Waals surface area contributed by atoms with Crippen molar-refractivity contribution in [2.75, 3.05) is 26.2 Å². The molecule has 156 valence electrons. The summed E-state index contributed by atoms with van der Waals surface area (Å²) < 4.78 is 11.2. The zero-order valence-corrected chi connectivity index (χ0v) is 19.2. The fourth-order valence-electron chi connectivity index (χ4n) is 2.52. The van der Waals surface area contributed by atoms with Gasteiger partial charge in [0.25, 0.3) is 0 Å². The first-order chi connectivity index (χ1) is 13.0. The smallest absolute Gasteiger partial charge is 0.191 e. The van der Waals surface area contributed by atoms with Crippen LogP contribution < -0.4 is 15.4 Å². The highest BCUT2D eigenvalue weighted by atomic mass is 127. The predicted octanol–water partition coefficient (Wildman–Crippen LogP) is 3.83. The van der Waals surface area contributed by atoms with Gasteiger partial charge in [0.2, 0.25) is 0 Å². The number of furan rings is 1. The summed E-state index contributed by atoms with van der Waals surface area (Å²) >= 11 is 0. The lowest BCUT2D eigenvalue weighted by atomic mass is 10.0. The second-order valence-corrected chi connectivity index (χ2v) is 6.67. The van der Waals surface area contributed by atoms with Gasteiger partial charge in [-0.1, -0.05) is 18.2 Å². The first kappa shape index (κ1) is 24.3. The number of nitrogens with zero attached hydrogens (tertiary/aromatic N) is 1. The van der Waals surface area contributed by atoms with E-state index in [1.165, 1.54) is 0 Å². The van der Waals surface area contributed by atoms with Gasteiger partial charge in [-0.25, -0.2) is 4.99 Å². The van der Waals surface area contributed by atoms with E-state index in [-0.39, 0.29) is 30.5 Å². The van der Waals surface area contributed by atoms with Crippen LogP contribution in [0.2, 0.25) is 0 Å². The Morgan fingerprint density at radius 3 is 2.54 bits per heavy atom. The highest BCUT2D eigenvalue weighted by Crippen LogP contribution is 2.23. The van der Waals surface area contributed by atoms with Gasteiger partial charge in [0.1, 0.15) is 22.9 Å². The minimum atomic E-state index is -1.14. The summed E-state index contributed by atoms with van der Waals surface area (Å²) in [6.45, 7) is 8.02. The lowest BCUT2D eigenvalue weighted by Gasteiger charge is -2.19. The largest absolute Gasteiger partial charge is 0.494 e. The highest BCUT2D eigenvalue weighted by molar-refractivity contribution is 14.0. The maximum absolute atomic E-state index is 10.6. The number of aliphatic hydroxyl groups is 1. The molecule has 0 radical (unpaired) electrons. The summed E-state index contributed by atoms with van der Waals surface area (Å²) in [6, 6.07) is 13.5. The third-order valence-corrected chi connectivity index (χ3v) is 4.04. The molecule has 2 aromatic rings. The quantitative estimate of drug-likeness (QED) is 0.200. The average Bonchev–Trinajstić information content (AvgIpc) is 3.11. The van der Waals surface area contributed by atoms with Crippen molar-refractivity contribution in [1.29, 1.82) is 0 Å². The van der Waals surface area contributed by atoms with Crippen molar-refractivity contribution in [3.63, 3.8) is 0 Å². The van der Waals surface area contributed by atoms with E-state index in [0.717, 1.165) is 37.4 Å². The van der Waals surface area contributed by atoms with Gasteiger partial charge in [0.05, 0.1) is 13.2 Å². The lowest BCUT2D eigenvalue weighted by molar-refractivity contribution is 0.0428. The number of nitrogens with one attached hydrogen (secondary N) is 2. The van der Waals surface area contributed by atoms with Gasteiger partial charge in [-0.3, -0.25) is 0 Å². The molecule has 0 amide bonds. The average molecular weight is 501 g/mol. The molecule has 0 fully saturated rings. The van der Waals surface area contributed by atoms with Crippen LogP contribution in [-0.4, -0.2) is 37.3 Å². The Labute approximate surface area is 184 Å². The fourth-order valence-corrected chi connectivity index (χ4v) is 2.52. The van der Waals surface area contributed by atoms with Gasteiger partial charge < -0.3 is 24.9 Å². The van der Waals surface area contributed by atoms with E-state index in [0.29, 0.717) is 18.3 Å². The number of unbranched alkanes of at least 4 members (excludes halogenated alkanes) is 1. The molecule has 0 saturated carbocycles. The molecule has 1 unspecified atom stereocenters. The van der Waals surface area contributed by atoms with Gasteiger partial charge in [-0.05, 0) is 57.9 Å². The van der Waals surface area contributed by atoms with E-state index >= 15 is 0 Å².